The Kier molecular flexibility index (Phi) is 9.13. The maximum atomic E-state index is 13.3. The van der Waals surface area contributed by atoms with Crippen molar-refractivity contribution in [2.75, 3.05) is 33.3 Å². The molecule has 6 nitrogen and oxygen atoms in total. The zero-order chi connectivity index (χ0) is 22.3. The fraction of sp³-hybridized carbons (Fsp3) is 0.667. The first-order valence-electron chi connectivity index (χ1n) is 11.0. The minimum atomic E-state index is -0.282. The number of fused-ring (bicyclic) bond motifs is 1. The molecule has 1 aromatic heterocycles. The highest BCUT2D eigenvalue weighted by Gasteiger charge is 2.34. The van der Waals surface area contributed by atoms with E-state index in [9.17, 15) is 9.90 Å². The molecule has 0 aliphatic carbocycles. The molecule has 0 aromatic carbocycles. The molecule has 0 saturated heterocycles. The van der Waals surface area contributed by atoms with Crippen LogP contribution in [-0.4, -0.2) is 71.2 Å². The van der Waals surface area contributed by atoms with E-state index in [0.717, 1.165) is 25.9 Å². The molecule has 0 spiro atoms. The number of aliphatic hydroxyl groups excluding tert-OH is 1. The average molecular weight is 416 g/mol. The largest absolute Gasteiger partial charge is 0.472 e. The number of nitrogens with zero attached hydrogens (tertiary/aromatic N) is 3. The number of pyridine rings is 1. The summed E-state index contributed by atoms with van der Waals surface area (Å²) in [5, 5.41) is 9.73. The molecular formula is C24H37N3O3. The van der Waals surface area contributed by atoms with Gasteiger partial charge in [0.05, 0.1) is 12.6 Å². The lowest BCUT2D eigenvalue weighted by atomic mass is 10.00. The molecule has 0 radical (unpaired) electrons. The summed E-state index contributed by atoms with van der Waals surface area (Å²) in [6, 6.07) is 1.49. The van der Waals surface area contributed by atoms with Gasteiger partial charge in [0, 0.05) is 37.2 Å². The number of aromatic nitrogens is 1. The molecule has 2 rings (SSSR count). The first-order valence-corrected chi connectivity index (χ1v) is 11.0. The Morgan fingerprint density at radius 1 is 1.40 bits per heavy atom. The predicted octanol–water partition coefficient (Wildman–Crippen LogP) is 3.04. The smallest absolute Gasteiger partial charge is 0.259 e. The van der Waals surface area contributed by atoms with Gasteiger partial charge < -0.3 is 19.6 Å². The van der Waals surface area contributed by atoms with Crippen molar-refractivity contribution in [1.82, 2.24) is 14.8 Å². The topological polar surface area (TPSA) is 65.9 Å². The molecule has 1 aliphatic heterocycles. The number of hydrogen-bond donors (Lipinski definition) is 1. The second-order valence-electron chi connectivity index (χ2n) is 8.86. The van der Waals surface area contributed by atoms with Gasteiger partial charge in [-0.15, -0.1) is 0 Å². The average Bonchev–Trinajstić information content (AvgIpc) is 2.70. The van der Waals surface area contributed by atoms with E-state index in [0.29, 0.717) is 29.5 Å². The normalized spacial score (nSPS) is 20.2. The van der Waals surface area contributed by atoms with Crippen molar-refractivity contribution in [1.29, 1.82) is 0 Å². The Morgan fingerprint density at radius 2 is 2.13 bits per heavy atom. The Bertz CT molecular complexity index is 769. The van der Waals surface area contributed by atoms with E-state index < -0.39 is 0 Å². The summed E-state index contributed by atoms with van der Waals surface area (Å²) in [7, 11) is 2.08. The zero-order valence-corrected chi connectivity index (χ0v) is 19.3. The van der Waals surface area contributed by atoms with Crippen LogP contribution in [0.25, 0.3) is 0 Å². The van der Waals surface area contributed by atoms with Crippen LogP contribution < -0.4 is 4.74 Å². The molecule has 0 bridgehead atoms. The molecule has 166 valence electrons. The van der Waals surface area contributed by atoms with Crippen LogP contribution in [0.2, 0.25) is 0 Å². The highest BCUT2D eigenvalue weighted by molar-refractivity contribution is 5.97. The Labute approximate surface area is 181 Å². The second kappa shape index (κ2) is 11.3. The van der Waals surface area contributed by atoms with E-state index in [1.807, 2.05) is 6.92 Å². The first-order chi connectivity index (χ1) is 14.3. The number of likely N-dealkylation sites (N-methyl/N-ethyl adjacent to an activating group) is 1. The minimum Gasteiger partial charge on any atom is -0.472 e. The highest BCUT2D eigenvalue weighted by atomic mass is 16.5. The summed E-state index contributed by atoms with van der Waals surface area (Å²) >= 11 is 0. The van der Waals surface area contributed by atoms with Crippen molar-refractivity contribution in [2.24, 2.45) is 11.8 Å². The number of hydrogen-bond acceptors (Lipinski definition) is 5. The third-order valence-electron chi connectivity index (χ3n) is 5.36. The van der Waals surface area contributed by atoms with Crippen LogP contribution in [0.15, 0.2) is 12.3 Å². The third-order valence-corrected chi connectivity index (χ3v) is 5.36. The second-order valence-corrected chi connectivity index (χ2v) is 8.86. The van der Waals surface area contributed by atoms with Crippen LogP contribution in [0.5, 0.6) is 5.88 Å². The van der Waals surface area contributed by atoms with Gasteiger partial charge in [-0.1, -0.05) is 39.5 Å². The monoisotopic (exact) mass is 415 g/mol. The number of ether oxygens (including phenoxy) is 1. The van der Waals surface area contributed by atoms with Crippen molar-refractivity contribution >= 4 is 5.91 Å². The van der Waals surface area contributed by atoms with Crippen molar-refractivity contribution in [3.05, 3.63) is 23.4 Å². The maximum absolute atomic E-state index is 13.3. The van der Waals surface area contributed by atoms with E-state index in [1.165, 1.54) is 0 Å². The van der Waals surface area contributed by atoms with Gasteiger partial charge in [0.2, 0.25) is 5.88 Å². The Hall–Kier alpha value is -2.10. The number of rotatable bonds is 7. The number of carbonyl (C=O) groups is 1. The maximum Gasteiger partial charge on any atom is 0.259 e. The van der Waals surface area contributed by atoms with Crippen LogP contribution in [0.3, 0.4) is 0 Å². The lowest BCUT2D eigenvalue weighted by Crippen LogP contribution is -2.50. The number of amides is 1. The zero-order valence-electron chi connectivity index (χ0n) is 19.3. The van der Waals surface area contributed by atoms with E-state index >= 15 is 0 Å². The van der Waals surface area contributed by atoms with Gasteiger partial charge in [-0.2, -0.15) is 0 Å². The summed E-state index contributed by atoms with van der Waals surface area (Å²) in [5.41, 5.74) is 1.12. The molecule has 1 aliphatic rings. The van der Waals surface area contributed by atoms with E-state index in [4.69, 9.17) is 4.74 Å². The van der Waals surface area contributed by atoms with Gasteiger partial charge in [0.1, 0.15) is 11.7 Å². The standard InChI is InChI=1S/C24H37N3O3/c1-7-11-26(6)15-22-18(4)14-27(19(5)16-28)24(29)21-12-20(10-8-9-17(2)3)13-25-23(21)30-22/h12-13,17-19,22,28H,7,9,11,14-16H2,1-6H3/t18-,19+,22+/m1/s1. The summed E-state index contributed by atoms with van der Waals surface area (Å²) < 4.78 is 6.29. The van der Waals surface area contributed by atoms with E-state index in [2.05, 4.69) is 56.5 Å². The molecule has 1 N–H and O–H groups in total. The quantitative estimate of drug-likeness (QED) is 0.694. The van der Waals surface area contributed by atoms with Gasteiger partial charge in [0.25, 0.3) is 5.91 Å². The van der Waals surface area contributed by atoms with Gasteiger partial charge in [-0.3, -0.25) is 4.79 Å². The van der Waals surface area contributed by atoms with Gasteiger partial charge in [0.15, 0.2) is 0 Å². The third kappa shape index (κ3) is 6.45. The summed E-state index contributed by atoms with van der Waals surface area (Å²) in [6.07, 6.45) is 3.43. The van der Waals surface area contributed by atoms with Crippen molar-refractivity contribution < 1.29 is 14.6 Å². The van der Waals surface area contributed by atoms with Crippen molar-refractivity contribution in [3.8, 4) is 17.7 Å². The fourth-order valence-electron chi connectivity index (χ4n) is 3.53. The molecule has 0 unspecified atom stereocenters. The summed E-state index contributed by atoms with van der Waals surface area (Å²) in [6.45, 7) is 12.5. The molecule has 30 heavy (non-hydrogen) atoms. The molecule has 1 aromatic rings. The van der Waals surface area contributed by atoms with Crippen LogP contribution >= 0.6 is 0 Å². The Morgan fingerprint density at radius 3 is 2.77 bits per heavy atom. The summed E-state index contributed by atoms with van der Waals surface area (Å²) in [4.78, 5) is 21.8. The number of carbonyl (C=O) groups excluding carboxylic acids is 1. The van der Waals surface area contributed by atoms with E-state index in [-0.39, 0.29) is 30.6 Å². The predicted molar refractivity (Wildman–Crippen MR) is 120 cm³/mol. The minimum absolute atomic E-state index is 0.0869. The van der Waals surface area contributed by atoms with Gasteiger partial charge >= 0.3 is 0 Å². The molecule has 0 fully saturated rings. The Balaban J connectivity index is 2.42. The van der Waals surface area contributed by atoms with E-state index in [1.54, 1.807) is 17.2 Å². The highest BCUT2D eigenvalue weighted by Crippen LogP contribution is 2.27. The lowest BCUT2D eigenvalue weighted by Gasteiger charge is -2.37. The van der Waals surface area contributed by atoms with Gasteiger partial charge in [-0.05, 0) is 38.9 Å². The molecule has 1 amide bonds. The molecule has 3 atom stereocenters. The fourth-order valence-corrected chi connectivity index (χ4v) is 3.53. The molecule has 6 heteroatoms. The van der Waals surface area contributed by atoms with Crippen LogP contribution in [0, 0.1) is 23.7 Å². The van der Waals surface area contributed by atoms with Crippen LogP contribution in [0.1, 0.15) is 63.4 Å². The van der Waals surface area contributed by atoms with Crippen molar-refractivity contribution in [2.45, 2.75) is 59.6 Å². The number of aliphatic hydroxyl groups is 1. The lowest BCUT2D eigenvalue weighted by molar-refractivity contribution is 0.0331. The van der Waals surface area contributed by atoms with Gasteiger partial charge in [-0.25, -0.2) is 4.98 Å². The first kappa shape index (κ1) is 24.2. The SMILES string of the molecule is CCCN(C)C[C@@H]1Oc2ncc(C#CCC(C)C)cc2C(=O)N([C@@H](C)CO)C[C@H]1C. The van der Waals surface area contributed by atoms with Crippen molar-refractivity contribution in [3.63, 3.8) is 0 Å². The molecular weight excluding hydrogens is 378 g/mol. The molecule has 2 heterocycles. The summed E-state index contributed by atoms with van der Waals surface area (Å²) in [5.74, 6) is 7.04. The van der Waals surface area contributed by atoms with Crippen LogP contribution in [0.4, 0.5) is 0 Å². The van der Waals surface area contributed by atoms with Crippen LogP contribution in [-0.2, 0) is 0 Å². The molecule has 0 saturated carbocycles.